The lowest BCUT2D eigenvalue weighted by Gasteiger charge is -2.60. The predicted molar refractivity (Wildman–Crippen MR) is 97.8 cm³/mol. The summed E-state index contributed by atoms with van der Waals surface area (Å²) >= 11 is 0. The first-order valence-corrected chi connectivity index (χ1v) is 10.3. The van der Waals surface area contributed by atoms with Crippen LogP contribution in [0.15, 0.2) is 11.6 Å². The molecule has 4 aliphatic rings. The molecule has 0 aromatic heterocycles. The van der Waals surface area contributed by atoms with Crippen LogP contribution >= 0.6 is 0 Å². The van der Waals surface area contributed by atoms with Gasteiger partial charge in [-0.05, 0) is 86.4 Å². The summed E-state index contributed by atoms with van der Waals surface area (Å²) in [5.41, 5.74) is 1.61. The van der Waals surface area contributed by atoms with Gasteiger partial charge in [-0.3, -0.25) is 4.79 Å². The minimum atomic E-state index is -0.296. The molecule has 0 radical (unpaired) electrons. The van der Waals surface area contributed by atoms with E-state index in [1.165, 1.54) is 18.4 Å². The van der Waals surface area contributed by atoms with Crippen molar-refractivity contribution in [1.82, 2.24) is 0 Å². The monoisotopic (exact) mass is 346 g/mol. The minimum Gasteiger partial charge on any atom is -0.396 e. The number of fused-ring (bicyclic) bond motifs is 5. The molecule has 0 aromatic rings. The molecule has 4 rings (SSSR count). The number of hydrogen-bond acceptors (Lipinski definition) is 3. The number of carbonyl (C=O) groups excluding carboxylic acids is 1. The molecule has 0 aromatic carbocycles. The van der Waals surface area contributed by atoms with Crippen molar-refractivity contribution in [2.45, 2.75) is 71.8 Å². The van der Waals surface area contributed by atoms with Crippen LogP contribution in [0, 0.1) is 40.4 Å². The lowest BCUT2D eigenvalue weighted by atomic mass is 9.45. The van der Waals surface area contributed by atoms with E-state index in [1.54, 1.807) is 6.92 Å². The molecule has 0 heterocycles. The maximum atomic E-state index is 12.2. The summed E-state index contributed by atoms with van der Waals surface area (Å²) in [5, 5.41) is 20.3. The summed E-state index contributed by atoms with van der Waals surface area (Å²) in [4.78, 5) is 12.2. The van der Waals surface area contributed by atoms with E-state index in [0.29, 0.717) is 23.5 Å². The molecule has 0 amide bonds. The smallest absolute Gasteiger partial charge is 0.133 e. The molecule has 1 unspecified atom stereocenters. The fraction of sp³-hybridized carbons (Fsp3) is 0.864. The third kappa shape index (κ3) is 2.34. The third-order valence-corrected chi connectivity index (χ3v) is 9.11. The standard InChI is InChI=1S/C22H34O3/c1-13(24)18-6-7-19-17-5-4-14-10-16(25)11-15(12-23)22(14,3)20(17)8-9-21(18,19)2/h4,15-20,23,25H,5-12H2,1-3H3/t15?,16-,17+,18-,19+,20+,21-,22-/m1/s1. The van der Waals surface area contributed by atoms with Crippen molar-refractivity contribution in [3.05, 3.63) is 11.6 Å². The van der Waals surface area contributed by atoms with Gasteiger partial charge in [0.25, 0.3) is 0 Å². The van der Waals surface area contributed by atoms with E-state index in [4.69, 9.17) is 0 Å². The second kappa shape index (κ2) is 5.92. The van der Waals surface area contributed by atoms with E-state index < -0.39 is 0 Å². The Balaban J connectivity index is 1.70. The Morgan fingerprint density at radius 3 is 2.68 bits per heavy atom. The Bertz CT molecular complexity index is 596. The minimum absolute atomic E-state index is 0.0343. The fourth-order valence-electron chi connectivity index (χ4n) is 7.81. The van der Waals surface area contributed by atoms with Gasteiger partial charge in [-0.2, -0.15) is 0 Å². The fourth-order valence-corrected chi connectivity index (χ4v) is 7.81. The summed E-state index contributed by atoms with van der Waals surface area (Å²) in [6, 6.07) is 0. The van der Waals surface area contributed by atoms with Gasteiger partial charge in [-0.25, -0.2) is 0 Å². The van der Waals surface area contributed by atoms with Gasteiger partial charge in [0.1, 0.15) is 5.78 Å². The molecular formula is C22H34O3. The summed E-state index contributed by atoms with van der Waals surface area (Å²) < 4.78 is 0. The van der Waals surface area contributed by atoms with Crippen LogP contribution in [0.25, 0.3) is 0 Å². The van der Waals surface area contributed by atoms with Crippen LogP contribution < -0.4 is 0 Å². The van der Waals surface area contributed by atoms with Gasteiger partial charge in [0, 0.05) is 12.5 Å². The van der Waals surface area contributed by atoms with E-state index in [0.717, 1.165) is 32.1 Å². The summed E-state index contributed by atoms with van der Waals surface area (Å²) in [5.74, 6) is 2.68. The first kappa shape index (κ1) is 17.7. The Labute approximate surface area is 151 Å². The van der Waals surface area contributed by atoms with Gasteiger partial charge in [0.05, 0.1) is 6.10 Å². The van der Waals surface area contributed by atoms with Crippen LogP contribution in [0.5, 0.6) is 0 Å². The van der Waals surface area contributed by atoms with Crippen molar-refractivity contribution in [2.75, 3.05) is 6.61 Å². The van der Waals surface area contributed by atoms with Crippen LogP contribution in [0.4, 0.5) is 0 Å². The van der Waals surface area contributed by atoms with Crippen molar-refractivity contribution >= 4 is 5.78 Å². The van der Waals surface area contributed by atoms with Crippen molar-refractivity contribution in [1.29, 1.82) is 0 Å². The number of aliphatic hydroxyl groups is 2. The molecule has 0 saturated heterocycles. The van der Waals surface area contributed by atoms with Crippen molar-refractivity contribution in [2.24, 2.45) is 40.4 Å². The number of ketones is 1. The Kier molecular flexibility index (Phi) is 4.20. The molecule has 0 spiro atoms. The van der Waals surface area contributed by atoms with Crippen molar-refractivity contribution in [3.8, 4) is 0 Å². The average molecular weight is 347 g/mol. The molecular weight excluding hydrogens is 312 g/mol. The van der Waals surface area contributed by atoms with Gasteiger partial charge >= 0.3 is 0 Å². The number of aliphatic hydroxyl groups excluding tert-OH is 2. The maximum Gasteiger partial charge on any atom is 0.133 e. The first-order chi connectivity index (χ1) is 11.8. The first-order valence-electron chi connectivity index (χ1n) is 10.3. The SMILES string of the molecule is CC(=O)[C@H]1CC[C@H]2[C@@H]3CC=C4C[C@@H](O)CC(CO)[C@]4(C)[C@H]3CC[C@]12C. The Morgan fingerprint density at radius 1 is 1.24 bits per heavy atom. The number of carbonyl (C=O) groups is 1. The van der Waals surface area contributed by atoms with Gasteiger partial charge < -0.3 is 10.2 Å². The molecule has 140 valence electrons. The maximum absolute atomic E-state index is 12.2. The summed E-state index contributed by atoms with van der Waals surface area (Å²) in [6.07, 6.45) is 9.29. The van der Waals surface area contributed by atoms with E-state index in [1.807, 2.05) is 0 Å². The van der Waals surface area contributed by atoms with Crippen LogP contribution in [-0.4, -0.2) is 28.7 Å². The molecule has 0 aliphatic heterocycles. The highest BCUT2D eigenvalue weighted by molar-refractivity contribution is 5.79. The highest BCUT2D eigenvalue weighted by Gasteiger charge is 2.60. The normalized spacial score (nSPS) is 52.0. The zero-order valence-electron chi connectivity index (χ0n) is 16.0. The van der Waals surface area contributed by atoms with E-state index in [2.05, 4.69) is 19.9 Å². The second-order valence-corrected chi connectivity index (χ2v) is 9.88. The Hall–Kier alpha value is -0.670. The van der Waals surface area contributed by atoms with Crippen LogP contribution in [0.2, 0.25) is 0 Å². The summed E-state index contributed by atoms with van der Waals surface area (Å²) in [6.45, 7) is 6.70. The number of hydrogen-bond donors (Lipinski definition) is 2. The van der Waals surface area contributed by atoms with E-state index in [-0.39, 0.29) is 35.4 Å². The van der Waals surface area contributed by atoms with Crippen LogP contribution in [-0.2, 0) is 4.79 Å². The lowest BCUT2D eigenvalue weighted by Crippen LogP contribution is -2.54. The highest BCUT2D eigenvalue weighted by Crippen LogP contribution is 2.67. The van der Waals surface area contributed by atoms with Crippen molar-refractivity contribution in [3.63, 3.8) is 0 Å². The van der Waals surface area contributed by atoms with Gasteiger partial charge in [0.15, 0.2) is 0 Å². The second-order valence-electron chi connectivity index (χ2n) is 9.88. The van der Waals surface area contributed by atoms with Crippen LogP contribution in [0.3, 0.4) is 0 Å². The number of rotatable bonds is 2. The quantitative estimate of drug-likeness (QED) is 0.749. The predicted octanol–water partition coefficient (Wildman–Crippen LogP) is 3.73. The van der Waals surface area contributed by atoms with Gasteiger partial charge in [0.2, 0.25) is 0 Å². The van der Waals surface area contributed by atoms with Crippen molar-refractivity contribution < 1.29 is 15.0 Å². The third-order valence-electron chi connectivity index (χ3n) is 9.11. The molecule has 2 N–H and O–H groups in total. The number of allylic oxidation sites excluding steroid dienone is 1. The topological polar surface area (TPSA) is 57.5 Å². The lowest BCUT2D eigenvalue weighted by molar-refractivity contribution is -0.128. The van der Waals surface area contributed by atoms with E-state index in [9.17, 15) is 15.0 Å². The molecule has 4 aliphatic carbocycles. The molecule has 3 heteroatoms. The molecule has 8 atom stereocenters. The molecule has 25 heavy (non-hydrogen) atoms. The van der Waals surface area contributed by atoms with Crippen LogP contribution in [0.1, 0.15) is 65.7 Å². The number of Topliss-reactive ketones (excluding diaryl/α,β-unsaturated/α-hetero) is 1. The average Bonchev–Trinajstić information content (AvgIpc) is 2.92. The molecule has 3 nitrogen and oxygen atoms in total. The largest absolute Gasteiger partial charge is 0.396 e. The summed E-state index contributed by atoms with van der Waals surface area (Å²) in [7, 11) is 0. The van der Waals surface area contributed by atoms with Gasteiger partial charge in [-0.1, -0.05) is 25.5 Å². The zero-order valence-corrected chi connectivity index (χ0v) is 16.0. The molecule has 3 fully saturated rings. The van der Waals surface area contributed by atoms with Gasteiger partial charge in [-0.15, -0.1) is 0 Å². The van der Waals surface area contributed by atoms with E-state index >= 15 is 0 Å². The zero-order chi connectivity index (χ0) is 18.0. The molecule has 0 bridgehead atoms. The highest BCUT2D eigenvalue weighted by atomic mass is 16.3. The molecule has 3 saturated carbocycles. The Morgan fingerprint density at radius 2 is 2.00 bits per heavy atom.